The van der Waals surface area contributed by atoms with E-state index in [1.54, 1.807) is 21.6 Å². The summed E-state index contributed by atoms with van der Waals surface area (Å²) in [7, 11) is 0. The van der Waals surface area contributed by atoms with E-state index in [4.69, 9.17) is 0 Å². The lowest BCUT2D eigenvalue weighted by Gasteiger charge is -2.28. The topological polar surface area (TPSA) is 46.8 Å². The molecule has 5 nitrogen and oxygen atoms in total. The highest BCUT2D eigenvalue weighted by atomic mass is 32.1. The van der Waals surface area contributed by atoms with Crippen molar-refractivity contribution in [1.29, 1.82) is 0 Å². The number of hydrogen-bond acceptors (Lipinski definition) is 3. The molecule has 142 valence electrons. The molecule has 0 saturated carbocycles. The van der Waals surface area contributed by atoms with Crippen LogP contribution in [0, 0.1) is 6.92 Å². The van der Waals surface area contributed by atoms with Gasteiger partial charge in [0, 0.05) is 28.8 Å². The fourth-order valence-corrected chi connectivity index (χ4v) is 3.51. The third kappa shape index (κ3) is 4.91. The summed E-state index contributed by atoms with van der Waals surface area (Å²) in [5, 5.41) is 0. The van der Waals surface area contributed by atoms with Crippen LogP contribution in [0.5, 0.6) is 5.75 Å². The highest BCUT2D eigenvalue weighted by Crippen LogP contribution is 2.18. The van der Waals surface area contributed by atoms with Gasteiger partial charge in [0.15, 0.2) is 4.80 Å². The van der Waals surface area contributed by atoms with Crippen LogP contribution < -0.4 is 9.54 Å². The van der Waals surface area contributed by atoms with Crippen LogP contribution in [0.2, 0.25) is 0 Å². The predicted molar refractivity (Wildman–Crippen MR) is 98.1 cm³/mol. The Morgan fingerprint density at radius 2 is 1.73 bits per heavy atom. The zero-order valence-corrected chi connectivity index (χ0v) is 16.3. The van der Waals surface area contributed by atoms with Crippen LogP contribution in [0.1, 0.15) is 32.6 Å². The Morgan fingerprint density at radius 3 is 2.23 bits per heavy atom. The molecule has 0 aliphatic carbocycles. The maximum Gasteiger partial charge on any atom is 0.387 e. The average Bonchev–Trinajstić information content (AvgIpc) is 2.87. The van der Waals surface area contributed by atoms with Gasteiger partial charge in [-0.05, 0) is 58.9 Å². The summed E-state index contributed by atoms with van der Waals surface area (Å²) < 4.78 is 30.7. The molecule has 2 rings (SSSR count). The minimum atomic E-state index is -2.86. The van der Waals surface area contributed by atoms with E-state index < -0.39 is 6.61 Å². The van der Waals surface area contributed by atoms with E-state index >= 15 is 0 Å². The molecule has 2 amide bonds. The first kappa shape index (κ1) is 20.1. The number of carbonyl (C=O) groups excluding carboxylic acids is 1. The number of alkyl halides is 2. The summed E-state index contributed by atoms with van der Waals surface area (Å²) in [4.78, 5) is 20.1. The van der Waals surface area contributed by atoms with Crippen LogP contribution in [0.25, 0.3) is 5.69 Å². The van der Waals surface area contributed by atoms with Gasteiger partial charge in [-0.1, -0.05) is 0 Å². The Morgan fingerprint density at radius 1 is 1.15 bits per heavy atom. The van der Waals surface area contributed by atoms with Crippen molar-refractivity contribution in [2.45, 2.75) is 53.3 Å². The molecule has 1 aromatic carbocycles. The molecular weight excluding hydrogens is 360 g/mol. The second-order valence-corrected chi connectivity index (χ2v) is 7.57. The Labute approximate surface area is 155 Å². The Balaban J connectivity index is 2.40. The number of aryl methyl sites for hydroxylation is 1. The van der Waals surface area contributed by atoms with Crippen LogP contribution >= 0.6 is 11.3 Å². The summed E-state index contributed by atoms with van der Waals surface area (Å²) in [5.41, 5.74) is 0.711. The highest BCUT2D eigenvalue weighted by molar-refractivity contribution is 7.09. The van der Waals surface area contributed by atoms with Crippen molar-refractivity contribution in [2.75, 3.05) is 0 Å². The van der Waals surface area contributed by atoms with Crippen molar-refractivity contribution in [3.05, 3.63) is 40.1 Å². The van der Waals surface area contributed by atoms with Gasteiger partial charge < -0.3 is 9.64 Å². The molecule has 0 aliphatic heterocycles. The number of nitrogens with zero attached hydrogens (tertiary/aromatic N) is 3. The predicted octanol–water partition coefficient (Wildman–Crippen LogP) is 4.59. The lowest BCUT2D eigenvalue weighted by Crippen LogP contribution is -2.41. The zero-order valence-electron chi connectivity index (χ0n) is 15.4. The summed E-state index contributed by atoms with van der Waals surface area (Å²) in [6, 6.07) is 5.98. The van der Waals surface area contributed by atoms with Crippen LogP contribution in [0.4, 0.5) is 13.6 Å². The highest BCUT2D eigenvalue weighted by Gasteiger charge is 2.20. The van der Waals surface area contributed by atoms with Gasteiger partial charge in [-0.2, -0.15) is 13.8 Å². The molecule has 0 radical (unpaired) electrons. The first-order valence-electron chi connectivity index (χ1n) is 8.30. The van der Waals surface area contributed by atoms with E-state index in [1.807, 2.05) is 40.8 Å². The Kier molecular flexibility index (Phi) is 6.52. The number of urea groups is 1. The first-order chi connectivity index (χ1) is 12.2. The number of rotatable bonds is 5. The number of hydrogen-bond donors (Lipinski definition) is 0. The molecule has 0 N–H and O–H groups in total. The SMILES string of the molecule is Cc1cn(-c2ccc(OC(F)F)cc2)c(=NC(=O)N(C(C)C)C(C)C)s1. The van der Waals surface area contributed by atoms with Crippen LogP contribution in [0.3, 0.4) is 0 Å². The first-order valence-corrected chi connectivity index (χ1v) is 9.12. The van der Waals surface area contributed by atoms with Gasteiger partial charge in [0.2, 0.25) is 0 Å². The number of aromatic nitrogens is 1. The second kappa shape index (κ2) is 8.44. The third-order valence-electron chi connectivity index (χ3n) is 3.63. The number of ether oxygens (including phenoxy) is 1. The fourth-order valence-electron chi connectivity index (χ4n) is 2.68. The molecule has 0 atom stereocenters. The van der Waals surface area contributed by atoms with Crippen LogP contribution in [-0.2, 0) is 0 Å². The van der Waals surface area contributed by atoms with Gasteiger partial charge in [-0.15, -0.1) is 11.3 Å². The minimum absolute atomic E-state index is 0.0338. The molecule has 26 heavy (non-hydrogen) atoms. The minimum Gasteiger partial charge on any atom is -0.435 e. The molecule has 0 fully saturated rings. The quantitative estimate of drug-likeness (QED) is 0.758. The second-order valence-electron chi connectivity index (χ2n) is 6.36. The number of halogens is 2. The van der Waals surface area contributed by atoms with Gasteiger partial charge in [-0.25, -0.2) is 4.79 Å². The monoisotopic (exact) mass is 383 g/mol. The Hall–Kier alpha value is -2.22. The van der Waals surface area contributed by atoms with E-state index in [0.717, 1.165) is 4.88 Å². The van der Waals surface area contributed by atoms with Crippen molar-refractivity contribution in [2.24, 2.45) is 4.99 Å². The molecule has 0 bridgehead atoms. The molecular formula is C18H23F2N3O2S. The van der Waals surface area contributed by atoms with Gasteiger partial charge in [-0.3, -0.25) is 4.57 Å². The number of benzene rings is 1. The standard InChI is InChI=1S/C18H23F2N3O2S/c1-11(2)23(12(3)4)17(24)21-18-22(10-13(5)26-18)14-6-8-15(9-7-14)25-16(19)20/h6-12,16H,1-5H3. The van der Waals surface area contributed by atoms with Gasteiger partial charge in [0.25, 0.3) is 0 Å². The number of carbonyl (C=O) groups is 1. The van der Waals surface area contributed by atoms with Crippen molar-refractivity contribution in [3.8, 4) is 11.4 Å². The van der Waals surface area contributed by atoms with E-state index in [9.17, 15) is 13.6 Å². The number of amides is 2. The molecule has 2 aromatic rings. The van der Waals surface area contributed by atoms with E-state index in [-0.39, 0.29) is 23.9 Å². The molecule has 0 spiro atoms. The fraction of sp³-hybridized carbons (Fsp3) is 0.444. The van der Waals surface area contributed by atoms with E-state index in [0.29, 0.717) is 10.5 Å². The van der Waals surface area contributed by atoms with Crippen molar-refractivity contribution >= 4 is 17.4 Å². The van der Waals surface area contributed by atoms with Gasteiger partial charge in [0.05, 0.1) is 0 Å². The van der Waals surface area contributed by atoms with Crippen molar-refractivity contribution < 1.29 is 18.3 Å². The molecule has 0 aliphatic rings. The van der Waals surface area contributed by atoms with Gasteiger partial charge >= 0.3 is 12.6 Å². The normalized spacial score (nSPS) is 12.3. The summed E-state index contributed by atoms with van der Waals surface area (Å²) in [5.74, 6) is 0.0802. The number of thiazole rings is 1. The van der Waals surface area contributed by atoms with E-state index in [2.05, 4.69) is 9.73 Å². The molecule has 0 saturated heterocycles. The lowest BCUT2D eigenvalue weighted by molar-refractivity contribution is -0.0498. The largest absolute Gasteiger partial charge is 0.435 e. The molecule has 8 heteroatoms. The van der Waals surface area contributed by atoms with Crippen molar-refractivity contribution in [3.63, 3.8) is 0 Å². The van der Waals surface area contributed by atoms with Crippen LogP contribution in [0.15, 0.2) is 35.5 Å². The molecule has 1 aromatic heterocycles. The summed E-state index contributed by atoms with van der Waals surface area (Å²) in [6.45, 7) is 6.84. The average molecular weight is 383 g/mol. The summed E-state index contributed by atoms with van der Waals surface area (Å²) in [6.07, 6.45) is 1.86. The smallest absolute Gasteiger partial charge is 0.387 e. The van der Waals surface area contributed by atoms with Crippen LogP contribution in [-0.4, -0.2) is 34.2 Å². The van der Waals surface area contributed by atoms with Gasteiger partial charge in [0.1, 0.15) is 5.75 Å². The molecule has 0 unspecified atom stereocenters. The maximum absolute atomic E-state index is 12.6. The maximum atomic E-state index is 12.6. The summed E-state index contributed by atoms with van der Waals surface area (Å²) >= 11 is 1.39. The zero-order chi connectivity index (χ0) is 19.4. The lowest BCUT2D eigenvalue weighted by atomic mass is 10.2. The van der Waals surface area contributed by atoms with E-state index in [1.165, 1.54) is 23.5 Å². The van der Waals surface area contributed by atoms with Crippen molar-refractivity contribution in [1.82, 2.24) is 9.47 Å². The third-order valence-corrected chi connectivity index (χ3v) is 4.53. The Bertz CT molecular complexity index is 803. The molecule has 1 heterocycles.